The highest BCUT2D eigenvalue weighted by Gasteiger charge is 2.12. The third kappa shape index (κ3) is 4.83. The van der Waals surface area contributed by atoms with Crippen LogP contribution in [0.5, 0.6) is 5.75 Å². The summed E-state index contributed by atoms with van der Waals surface area (Å²) >= 11 is 0. The van der Waals surface area contributed by atoms with Gasteiger partial charge in [0.25, 0.3) is 10.0 Å². The van der Waals surface area contributed by atoms with E-state index in [1.165, 1.54) is 23.9 Å². The molecule has 2 aromatic carbocycles. The second-order valence-corrected chi connectivity index (χ2v) is 7.24. The molecule has 2 aromatic rings. The molecule has 0 spiro atoms. The van der Waals surface area contributed by atoms with Gasteiger partial charge in [0.2, 0.25) is 0 Å². The van der Waals surface area contributed by atoms with E-state index in [0.717, 1.165) is 5.56 Å². The van der Waals surface area contributed by atoms with Crippen LogP contribution in [0.2, 0.25) is 0 Å². The van der Waals surface area contributed by atoms with Crippen molar-refractivity contribution in [1.29, 1.82) is 0 Å². The van der Waals surface area contributed by atoms with Crippen molar-refractivity contribution in [3.63, 3.8) is 0 Å². The Hall–Kier alpha value is -2.34. The highest BCUT2D eigenvalue weighted by Crippen LogP contribution is 2.16. The molecular formula is C18H22N2O3S. The van der Waals surface area contributed by atoms with Crippen molar-refractivity contribution in [2.24, 2.45) is 5.10 Å². The van der Waals surface area contributed by atoms with Crippen LogP contribution in [-0.2, 0) is 10.0 Å². The van der Waals surface area contributed by atoms with Crippen LogP contribution >= 0.6 is 0 Å². The Labute approximate surface area is 143 Å². The van der Waals surface area contributed by atoms with Gasteiger partial charge in [-0.15, -0.1) is 0 Å². The van der Waals surface area contributed by atoms with Crippen LogP contribution in [0.25, 0.3) is 0 Å². The molecule has 0 atom stereocenters. The van der Waals surface area contributed by atoms with Crippen LogP contribution in [0.4, 0.5) is 0 Å². The predicted molar refractivity (Wildman–Crippen MR) is 96.1 cm³/mol. The normalized spacial score (nSPS) is 11.8. The number of nitrogens with one attached hydrogen (secondary N) is 1. The van der Waals surface area contributed by atoms with Crippen molar-refractivity contribution < 1.29 is 13.2 Å². The standard InChI is InChI=1S/C18H22N2O3S/c1-4-23-17-9-11-18(12-10-17)24(21,22)20-19-13-15-5-7-16(8-6-15)14(2)3/h5-14,20H,4H2,1-3H3/b19-13-. The summed E-state index contributed by atoms with van der Waals surface area (Å²) in [7, 11) is -3.69. The van der Waals surface area contributed by atoms with Gasteiger partial charge in [-0.05, 0) is 48.2 Å². The molecule has 1 N–H and O–H groups in total. The summed E-state index contributed by atoms with van der Waals surface area (Å²) in [6, 6.07) is 14.0. The number of hydrogen-bond donors (Lipinski definition) is 1. The zero-order chi connectivity index (χ0) is 17.6. The zero-order valence-corrected chi connectivity index (χ0v) is 14.9. The van der Waals surface area contributed by atoms with Gasteiger partial charge in [0, 0.05) is 0 Å². The van der Waals surface area contributed by atoms with Gasteiger partial charge in [0.05, 0.1) is 17.7 Å². The first-order chi connectivity index (χ1) is 11.4. The number of sulfonamides is 1. The molecule has 0 aromatic heterocycles. The van der Waals surface area contributed by atoms with Crippen LogP contribution in [-0.4, -0.2) is 21.2 Å². The molecule has 0 unspecified atom stereocenters. The molecule has 0 fully saturated rings. The maximum atomic E-state index is 12.2. The maximum absolute atomic E-state index is 12.2. The van der Waals surface area contributed by atoms with E-state index in [1.54, 1.807) is 12.1 Å². The van der Waals surface area contributed by atoms with Crippen molar-refractivity contribution in [3.8, 4) is 5.75 Å². The fourth-order valence-corrected chi connectivity index (χ4v) is 2.86. The molecule has 0 bridgehead atoms. The van der Waals surface area contributed by atoms with E-state index in [1.807, 2.05) is 31.2 Å². The first-order valence-corrected chi connectivity index (χ1v) is 9.28. The van der Waals surface area contributed by atoms with Gasteiger partial charge in [-0.2, -0.15) is 13.5 Å². The number of nitrogens with zero attached hydrogens (tertiary/aromatic N) is 1. The van der Waals surface area contributed by atoms with E-state index in [-0.39, 0.29) is 4.90 Å². The second-order valence-electron chi connectivity index (χ2n) is 5.58. The van der Waals surface area contributed by atoms with Crippen LogP contribution in [0.3, 0.4) is 0 Å². The van der Waals surface area contributed by atoms with E-state index in [2.05, 4.69) is 23.8 Å². The second kappa shape index (κ2) is 7.97. The Bertz CT molecular complexity index is 780. The smallest absolute Gasteiger partial charge is 0.276 e. The first-order valence-electron chi connectivity index (χ1n) is 7.80. The summed E-state index contributed by atoms with van der Waals surface area (Å²) < 4.78 is 29.6. The summed E-state index contributed by atoms with van der Waals surface area (Å²) in [5.41, 5.74) is 2.05. The highest BCUT2D eigenvalue weighted by molar-refractivity contribution is 7.89. The van der Waals surface area contributed by atoms with Crippen molar-refractivity contribution in [3.05, 3.63) is 59.7 Å². The Morgan fingerprint density at radius 2 is 1.71 bits per heavy atom. The van der Waals surface area contributed by atoms with Gasteiger partial charge < -0.3 is 4.74 Å². The Kier molecular flexibility index (Phi) is 5.98. The Morgan fingerprint density at radius 1 is 1.08 bits per heavy atom. The molecule has 128 valence electrons. The fourth-order valence-electron chi connectivity index (χ4n) is 2.07. The van der Waals surface area contributed by atoms with Gasteiger partial charge in [-0.3, -0.25) is 0 Å². The molecule has 5 nitrogen and oxygen atoms in total. The van der Waals surface area contributed by atoms with E-state index in [9.17, 15) is 8.42 Å². The predicted octanol–water partition coefficient (Wildman–Crippen LogP) is 3.52. The van der Waals surface area contributed by atoms with Crippen LogP contribution in [0.15, 0.2) is 58.5 Å². The summed E-state index contributed by atoms with van der Waals surface area (Å²) in [5.74, 6) is 1.08. The van der Waals surface area contributed by atoms with Crippen LogP contribution < -0.4 is 9.57 Å². The summed E-state index contributed by atoms with van der Waals surface area (Å²) in [6.07, 6.45) is 1.48. The molecular weight excluding hydrogens is 324 g/mol. The molecule has 24 heavy (non-hydrogen) atoms. The molecule has 6 heteroatoms. The molecule has 0 aliphatic rings. The molecule has 0 aliphatic heterocycles. The Balaban J connectivity index is 2.03. The molecule has 0 saturated carbocycles. The average molecular weight is 346 g/mol. The number of hydrogen-bond acceptors (Lipinski definition) is 4. The number of ether oxygens (including phenoxy) is 1. The SMILES string of the molecule is CCOc1ccc(S(=O)(=O)N/N=C\c2ccc(C(C)C)cc2)cc1. The van der Waals surface area contributed by atoms with E-state index in [4.69, 9.17) is 4.74 Å². The molecule has 0 aliphatic carbocycles. The lowest BCUT2D eigenvalue weighted by atomic mass is 10.0. The fraction of sp³-hybridized carbons (Fsp3) is 0.278. The minimum absolute atomic E-state index is 0.137. The summed E-state index contributed by atoms with van der Waals surface area (Å²) in [6.45, 7) is 6.64. The average Bonchev–Trinajstić information content (AvgIpc) is 2.56. The van der Waals surface area contributed by atoms with Gasteiger partial charge in [-0.1, -0.05) is 38.1 Å². The van der Waals surface area contributed by atoms with Crippen molar-refractivity contribution >= 4 is 16.2 Å². The largest absolute Gasteiger partial charge is 0.494 e. The maximum Gasteiger partial charge on any atom is 0.276 e. The van der Waals surface area contributed by atoms with Gasteiger partial charge >= 0.3 is 0 Å². The molecule has 0 saturated heterocycles. The molecule has 0 amide bonds. The minimum atomic E-state index is -3.69. The summed E-state index contributed by atoms with van der Waals surface area (Å²) in [4.78, 5) is 2.35. The molecule has 0 heterocycles. The Morgan fingerprint density at radius 3 is 2.25 bits per heavy atom. The number of hydrazone groups is 1. The lowest BCUT2D eigenvalue weighted by Crippen LogP contribution is -2.18. The molecule has 0 radical (unpaired) electrons. The van der Waals surface area contributed by atoms with Crippen LogP contribution in [0.1, 0.15) is 37.8 Å². The first kappa shape index (κ1) is 18.0. The van der Waals surface area contributed by atoms with Crippen molar-refractivity contribution in [1.82, 2.24) is 4.83 Å². The van der Waals surface area contributed by atoms with Gasteiger partial charge in [0.1, 0.15) is 5.75 Å². The zero-order valence-electron chi connectivity index (χ0n) is 14.1. The number of rotatable bonds is 7. The summed E-state index contributed by atoms with van der Waals surface area (Å²) in [5, 5.41) is 3.83. The van der Waals surface area contributed by atoms with Crippen molar-refractivity contribution in [2.75, 3.05) is 6.61 Å². The third-order valence-electron chi connectivity index (χ3n) is 3.43. The lowest BCUT2D eigenvalue weighted by molar-refractivity contribution is 0.340. The van der Waals surface area contributed by atoms with Gasteiger partial charge in [-0.25, -0.2) is 4.83 Å². The quantitative estimate of drug-likeness (QED) is 0.616. The monoisotopic (exact) mass is 346 g/mol. The topological polar surface area (TPSA) is 67.8 Å². The van der Waals surface area contributed by atoms with Gasteiger partial charge in [0.15, 0.2) is 0 Å². The lowest BCUT2D eigenvalue weighted by Gasteiger charge is -2.06. The molecule has 2 rings (SSSR count). The third-order valence-corrected chi connectivity index (χ3v) is 4.67. The van der Waals surface area contributed by atoms with E-state index < -0.39 is 10.0 Å². The van der Waals surface area contributed by atoms with E-state index >= 15 is 0 Å². The highest BCUT2D eigenvalue weighted by atomic mass is 32.2. The number of benzene rings is 2. The van der Waals surface area contributed by atoms with Crippen LogP contribution in [0, 0.1) is 0 Å². The van der Waals surface area contributed by atoms with E-state index in [0.29, 0.717) is 18.3 Å². The minimum Gasteiger partial charge on any atom is -0.494 e. The van der Waals surface area contributed by atoms with Crippen molar-refractivity contribution in [2.45, 2.75) is 31.6 Å².